The summed E-state index contributed by atoms with van der Waals surface area (Å²) in [4.78, 5) is 0. The van der Waals surface area contributed by atoms with Crippen LogP contribution >= 0.6 is 0 Å². The molecule has 1 aliphatic rings. The van der Waals surface area contributed by atoms with Crippen LogP contribution in [0.4, 0.5) is 8.78 Å². The molecule has 0 radical (unpaired) electrons. The third kappa shape index (κ3) is 2.70. The van der Waals surface area contributed by atoms with Crippen LogP contribution in [0.2, 0.25) is 0 Å². The highest BCUT2D eigenvalue weighted by Gasteiger charge is 2.38. The summed E-state index contributed by atoms with van der Waals surface area (Å²) in [7, 11) is 1.75. The molecule has 0 aromatic heterocycles. The molecule has 1 N–H and O–H groups in total. The highest BCUT2D eigenvalue weighted by Crippen LogP contribution is 2.40. The van der Waals surface area contributed by atoms with Gasteiger partial charge in [0.15, 0.2) is 11.6 Å². The summed E-state index contributed by atoms with van der Waals surface area (Å²) >= 11 is 0. The molecule has 2 unspecified atom stereocenters. The van der Waals surface area contributed by atoms with E-state index in [0.29, 0.717) is 18.1 Å². The van der Waals surface area contributed by atoms with E-state index in [2.05, 4.69) is 5.32 Å². The average molecular weight is 255 g/mol. The predicted octanol–water partition coefficient (Wildman–Crippen LogP) is 3.04. The molecule has 0 spiro atoms. The summed E-state index contributed by atoms with van der Waals surface area (Å²) in [6.45, 7) is 2.50. The molecule has 0 amide bonds. The van der Waals surface area contributed by atoms with Crippen molar-refractivity contribution >= 4 is 0 Å². The van der Waals surface area contributed by atoms with E-state index < -0.39 is 11.6 Å². The van der Waals surface area contributed by atoms with Gasteiger partial charge in [-0.25, -0.2) is 8.78 Å². The Balaban J connectivity index is 2.28. The maximum absolute atomic E-state index is 13.9. The maximum Gasteiger partial charge on any atom is 0.163 e. The molecule has 1 aliphatic carbocycles. The summed E-state index contributed by atoms with van der Waals surface area (Å²) < 4.78 is 32.9. The van der Waals surface area contributed by atoms with Crippen molar-refractivity contribution in [2.75, 3.05) is 13.7 Å². The number of hydrogen-bond acceptors (Lipinski definition) is 2. The summed E-state index contributed by atoms with van der Waals surface area (Å²) in [6, 6.07) is 3.99. The standard InChI is InChI=1S/C14H19F2NO/c1-3-18-14(9-7-8-9)13(17-2)10-5-4-6-11(15)12(10)16/h4-6,9,13-14,17H,3,7-8H2,1-2H3. The van der Waals surface area contributed by atoms with Crippen molar-refractivity contribution in [3.8, 4) is 0 Å². The summed E-state index contributed by atoms with van der Waals surface area (Å²) in [6.07, 6.45) is 2.11. The zero-order valence-electron chi connectivity index (χ0n) is 10.7. The first kappa shape index (κ1) is 13.4. The van der Waals surface area contributed by atoms with Gasteiger partial charge in [0.1, 0.15) is 0 Å². The predicted molar refractivity (Wildman–Crippen MR) is 66.3 cm³/mol. The SMILES string of the molecule is CCOC(C1CC1)C(NC)c1cccc(F)c1F. The van der Waals surface area contributed by atoms with E-state index in [4.69, 9.17) is 4.74 Å². The first-order valence-corrected chi connectivity index (χ1v) is 6.41. The summed E-state index contributed by atoms with van der Waals surface area (Å²) in [5.41, 5.74) is 0.350. The van der Waals surface area contributed by atoms with Crippen LogP contribution < -0.4 is 5.32 Å². The Morgan fingerprint density at radius 2 is 2.11 bits per heavy atom. The molecule has 0 aliphatic heterocycles. The van der Waals surface area contributed by atoms with Crippen LogP contribution in [0.15, 0.2) is 18.2 Å². The quantitative estimate of drug-likeness (QED) is 0.843. The number of hydrogen-bond donors (Lipinski definition) is 1. The normalized spacial score (nSPS) is 18.7. The largest absolute Gasteiger partial charge is 0.376 e. The lowest BCUT2D eigenvalue weighted by Gasteiger charge is -2.27. The van der Waals surface area contributed by atoms with Gasteiger partial charge < -0.3 is 10.1 Å². The molecule has 2 atom stereocenters. The Morgan fingerprint density at radius 1 is 1.39 bits per heavy atom. The molecule has 1 fully saturated rings. The Bertz CT molecular complexity index is 407. The van der Waals surface area contributed by atoms with Crippen LogP contribution in [-0.2, 0) is 4.74 Å². The van der Waals surface area contributed by atoms with Gasteiger partial charge in [-0.05, 0) is 38.8 Å². The van der Waals surface area contributed by atoms with Crippen molar-refractivity contribution < 1.29 is 13.5 Å². The molecule has 0 saturated heterocycles. The van der Waals surface area contributed by atoms with E-state index in [-0.39, 0.29) is 12.1 Å². The Hall–Kier alpha value is -1.00. The van der Waals surface area contributed by atoms with Crippen LogP contribution in [0.25, 0.3) is 0 Å². The second kappa shape index (κ2) is 5.76. The molecule has 1 saturated carbocycles. The van der Waals surface area contributed by atoms with Gasteiger partial charge in [0.2, 0.25) is 0 Å². The fourth-order valence-electron chi connectivity index (χ4n) is 2.38. The van der Waals surface area contributed by atoms with Gasteiger partial charge in [0, 0.05) is 12.2 Å². The van der Waals surface area contributed by atoms with E-state index in [1.54, 1.807) is 13.1 Å². The number of nitrogens with one attached hydrogen (secondary N) is 1. The molecule has 2 rings (SSSR count). The second-order valence-corrected chi connectivity index (χ2v) is 4.67. The first-order valence-electron chi connectivity index (χ1n) is 6.41. The van der Waals surface area contributed by atoms with E-state index in [0.717, 1.165) is 18.9 Å². The van der Waals surface area contributed by atoms with Gasteiger partial charge in [0.05, 0.1) is 12.1 Å². The zero-order valence-corrected chi connectivity index (χ0v) is 10.7. The van der Waals surface area contributed by atoms with E-state index in [9.17, 15) is 8.78 Å². The smallest absolute Gasteiger partial charge is 0.163 e. The van der Waals surface area contributed by atoms with Crippen molar-refractivity contribution in [1.29, 1.82) is 0 Å². The molecular formula is C14H19F2NO. The minimum Gasteiger partial charge on any atom is -0.376 e. The highest BCUT2D eigenvalue weighted by molar-refractivity contribution is 5.24. The van der Waals surface area contributed by atoms with Gasteiger partial charge in [-0.1, -0.05) is 12.1 Å². The topological polar surface area (TPSA) is 21.3 Å². The van der Waals surface area contributed by atoms with Gasteiger partial charge in [-0.15, -0.1) is 0 Å². The minimum atomic E-state index is -0.807. The van der Waals surface area contributed by atoms with Crippen LogP contribution in [0.3, 0.4) is 0 Å². The van der Waals surface area contributed by atoms with Crippen LogP contribution in [-0.4, -0.2) is 19.8 Å². The molecule has 2 nitrogen and oxygen atoms in total. The van der Waals surface area contributed by atoms with Crippen molar-refractivity contribution in [2.45, 2.75) is 31.9 Å². The van der Waals surface area contributed by atoms with Crippen LogP contribution in [0.1, 0.15) is 31.4 Å². The molecule has 100 valence electrons. The second-order valence-electron chi connectivity index (χ2n) is 4.67. The maximum atomic E-state index is 13.9. The lowest BCUT2D eigenvalue weighted by molar-refractivity contribution is 0.0195. The Morgan fingerprint density at radius 3 is 2.67 bits per heavy atom. The summed E-state index contributed by atoms with van der Waals surface area (Å²) in [5, 5.41) is 3.06. The number of halogens is 2. The van der Waals surface area contributed by atoms with Gasteiger partial charge in [-0.2, -0.15) is 0 Å². The molecule has 0 heterocycles. The monoisotopic (exact) mass is 255 g/mol. The number of benzene rings is 1. The van der Waals surface area contributed by atoms with E-state index in [1.807, 2.05) is 6.92 Å². The molecule has 1 aromatic rings. The Kier molecular flexibility index (Phi) is 4.30. The average Bonchev–Trinajstić information content (AvgIpc) is 3.18. The van der Waals surface area contributed by atoms with E-state index >= 15 is 0 Å². The molecular weight excluding hydrogens is 236 g/mol. The minimum absolute atomic E-state index is 0.0868. The Labute approximate surface area is 106 Å². The van der Waals surface area contributed by atoms with Gasteiger partial charge in [0.25, 0.3) is 0 Å². The lowest BCUT2D eigenvalue weighted by Crippen LogP contribution is -2.34. The number of ether oxygens (including phenoxy) is 1. The van der Waals surface area contributed by atoms with Crippen molar-refractivity contribution in [3.05, 3.63) is 35.4 Å². The fourth-order valence-corrected chi connectivity index (χ4v) is 2.38. The zero-order chi connectivity index (χ0) is 13.1. The third-order valence-corrected chi connectivity index (χ3v) is 3.40. The van der Waals surface area contributed by atoms with Gasteiger partial charge in [-0.3, -0.25) is 0 Å². The fraction of sp³-hybridized carbons (Fsp3) is 0.571. The van der Waals surface area contributed by atoms with E-state index in [1.165, 1.54) is 6.07 Å². The van der Waals surface area contributed by atoms with Crippen molar-refractivity contribution in [1.82, 2.24) is 5.32 Å². The first-order chi connectivity index (χ1) is 8.69. The highest BCUT2D eigenvalue weighted by atomic mass is 19.2. The van der Waals surface area contributed by atoms with Crippen molar-refractivity contribution in [3.63, 3.8) is 0 Å². The molecule has 0 bridgehead atoms. The van der Waals surface area contributed by atoms with Gasteiger partial charge >= 0.3 is 0 Å². The molecule has 18 heavy (non-hydrogen) atoms. The molecule has 1 aromatic carbocycles. The number of likely N-dealkylation sites (N-methyl/N-ethyl adjacent to an activating group) is 1. The summed E-state index contributed by atoms with van der Waals surface area (Å²) in [5.74, 6) is -1.13. The third-order valence-electron chi connectivity index (χ3n) is 3.40. The number of rotatable bonds is 6. The van der Waals surface area contributed by atoms with Crippen LogP contribution in [0.5, 0.6) is 0 Å². The lowest BCUT2D eigenvalue weighted by atomic mass is 9.97. The molecule has 4 heteroatoms. The van der Waals surface area contributed by atoms with Crippen LogP contribution in [0, 0.1) is 17.6 Å². The van der Waals surface area contributed by atoms with Crippen molar-refractivity contribution in [2.24, 2.45) is 5.92 Å².